The van der Waals surface area contributed by atoms with Gasteiger partial charge in [0, 0.05) is 12.8 Å². The number of rotatable bonds is 13. The van der Waals surface area contributed by atoms with E-state index < -0.39 is 0 Å². The van der Waals surface area contributed by atoms with Gasteiger partial charge in [0.15, 0.2) is 0 Å². The third-order valence-corrected chi connectivity index (χ3v) is 4.50. The van der Waals surface area contributed by atoms with Crippen LogP contribution < -0.4 is 5.32 Å². The fourth-order valence-corrected chi connectivity index (χ4v) is 2.93. The van der Waals surface area contributed by atoms with Crippen LogP contribution in [0.1, 0.15) is 5.56 Å². The summed E-state index contributed by atoms with van der Waals surface area (Å²) in [6, 6.07) is 12.7. The number of esters is 1. The largest absolute Gasteiger partial charge is 0.463 e. The third-order valence-electron chi connectivity index (χ3n) is 3.87. The number of carbonyl (C=O) groups excluding carboxylic acids is 1. The summed E-state index contributed by atoms with van der Waals surface area (Å²) >= 11 is 12.4. The van der Waals surface area contributed by atoms with Crippen molar-refractivity contribution in [2.75, 3.05) is 52.1 Å². The van der Waals surface area contributed by atoms with Crippen LogP contribution in [0.2, 0.25) is 10.0 Å². The van der Waals surface area contributed by atoms with Crippen molar-refractivity contribution >= 4 is 40.5 Å². The van der Waals surface area contributed by atoms with E-state index >= 15 is 0 Å². The molecule has 6 nitrogen and oxygen atoms in total. The Kier molecular flexibility index (Phi) is 10.8. The Morgan fingerprint density at radius 3 is 2.17 bits per heavy atom. The van der Waals surface area contributed by atoms with Crippen molar-refractivity contribution < 1.29 is 23.7 Å². The zero-order chi connectivity index (χ0) is 20.9. The summed E-state index contributed by atoms with van der Waals surface area (Å²) in [4.78, 5) is 12.2. The second kappa shape index (κ2) is 13.4. The van der Waals surface area contributed by atoms with Crippen LogP contribution in [0.5, 0.6) is 0 Å². The summed E-state index contributed by atoms with van der Waals surface area (Å²) in [5.41, 5.74) is 2.11. The normalized spacial score (nSPS) is 10.7. The van der Waals surface area contributed by atoms with Crippen molar-refractivity contribution in [1.82, 2.24) is 0 Å². The fraction of sp³-hybridized carbons (Fsp3) is 0.381. The molecule has 0 radical (unpaired) electrons. The summed E-state index contributed by atoms with van der Waals surface area (Å²) < 4.78 is 20.7. The highest BCUT2D eigenvalue weighted by Gasteiger charge is 2.12. The maximum atomic E-state index is 12.2. The minimum absolute atomic E-state index is 0.116. The lowest BCUT2D eigenvalue weighted by molar-refractivity contribution is -0.144. The lowest BCUT2D eigenvalue weighted by Crippen LogP contribution is -2.15. The molecule has 0 spiro atoms. The highest BCUT2D eigenvalue weighted by atomic mass is 35.5. The Bertz CT molecular complexity index is 752. The number of para-hydroxylation sites is 2. The predicted molar refractivity (Wildman–Crippen MR) is 114 cm³/mol. The van der Waals surface area contributed by atoms with Gasteiger partial charge >= 0.3 is 5.97 Å². The van der Waals surface area contributed by atoms with Gasteiger partial charge in [0.1, 0.15) is 6.61 Å². The van der Waals surface area contributed by atoms with Gasteiger partial charge in [0.2, 0.25) is 0 Å². The maximum Gasteiger partial charge on any atom is 0.310 e. The minimum atomic E-state index is -0.343. The molecule has 2 aromatic carbocycles. The number of halogens is 2. The lowest BCUT2D eigenvalue weighted by atomic mass is 10.1. The van der Waals surface area contributed by atoms with Gasteiger partial charge in [-0.1, -0.05) is 47.5 Å². The van der Waals surface area contributed by atoms with Crippen molar-refractivity contribution in [3.05, 3.63) is 58.1 Å². The van der Waals surface area contributed by atoms with Crippen molar-refractivity contribution in [3.63, 3.8) is 0 Å². The van der Waals surface area contributed by atoms with E-state index in [1.807, 2.05) is 24.3 Å². The topological polar surface area (TPSA) is 66.0 Å². The average Bonchev–Trinajstić information content (AvgIpc) is 2.71. The number of methoxy groups -OCH3 is 1. The molecule has 0 aliphatic carbocycles. The summed E-state index contributed by atoms with van der Waals surface area (Å²) in [5.74, 6) is -0.343. The van der Waals surface area contributed by atoms with Crippen LogP contribution in [-0.2, 0) is 30.2 Å². The van der Waals surface area contributed by atoms with E-state index in [1.54, 1.807) is 25.3 Å². The molecular formula is C21H25Cl2NO5. The van der Waals surface area contributed by atoms with Crippen LogP contribution in [-0.4, -0.2) is 52.7 Å². The van der Waals surface area contributed by atoms with E-state index in [0.717, 1.165) is 11.3 Å². The summed E-state index contributed by atoms with van der Waals surface area (Å²) in [6.45, 7) is 2.49. The van der Waals surface area contributed by atoms with Gasteiger partial charge in [-0.15, -0.1) is 0 Å². The van der Waals surface area contributed by atoms with Crippen molar-refractivity contribution in [2.24, 2.45) is 0 Å². The molecular weight excluding hydrogens is 417 g/mol. The van der Waals surface area contributed by atoms with E-state index in [4.69, 9.17) is 42.1 Å². The molecule has 158 valence electrons. The summed E-state index contributed by atoms with van der Waals surface area (Å²) in [5, 5.41) is 4.20. The van der Waals surface area contributed by atoms with Gasteiger partial charge in [-0.3, -0.25) is 4.79 Å². The Morgan fingerprint density at radius 1 is 0.862 bits per heavy atom. The average molecular weight is 442 g/mol. The first-order valence-electron chi connectivity index (χ1n) is 9.20. The first-order chi connectivity index (χ1) is 14.1. The van der Waals surface area contributed by atoms with E-state index in [-0.39, 0.29) is 19.0 Å². The third kappa shape index (κ3) is 8.60. The molecule has 0 bridgehead atoms. The van der Waals surface area contributed by atoms with Crippen molar-refractivity contribution in [2.45, 2.75) is 6.42 Å². The first-order valence-corrected chi connectivity index (χ1v) is 9.96. The number of hydrogen-bond donors (Lipinski definition) is 1. The van der Waals surface area contributed by atoms with Crippen LogP contribution in [0.25, 0.3) is 0 Å². The monoisotopic (exact) mass is 441 g/mol. The van der Waals surface area contributed by atoms with E-state index in [0.29, 0.717) is 48.8 Å². The molecule has 0 saturated carbocycles. The van der Waals surface area contributed by atoms with E-state index in [2.05, 4.69) is 5.32 Å². The molecule has 0 aliphatic heterocycles. The number of ether oxygens (including phenoxy) is 4. The number of anilines is 2. The zero-order valence-corrected chi connectivity index (χ0v) is 17.8. The van der Waals surface area contributed by atoms with Gasteiger partial charge in [-0.2, -0.15) is 0 Å². The van der Waals surface area contributed by atoms with Crippen LogP contribution in [0.3, 0.4) is 0 Å². The molecule has 0 saturated heterocycles. The fourth-order valence-electron chi connectivity index (χ4n) is 2.43. The van der Waals surface area contributed by atoms with Gasteiger partial charge in [-0.05, 0) is 23.8 Å². The SMILES string of the molecule is COCCOCCOCCOC(=O)Cc1ccccc1Nc1c(Cl)cccc1Cl. The Balaban J connectivity index is 1.77. The Morgan fingerprint density at radius 2 is 1.48 bits per heavy atom. The van der Waals surface area contributed by atoms with E-state index in [9.17, 15) is 4.79 Å². The molecule has 0 amide bonds. The minimum Gasteiger partial charge on any atom is -0.463 e. The molecule has 0 fully saturated rings. The second-order valence-corrected chi connectivity index (χ2v) is 6.81. The molecule has 0 heterocycles. The summed E-state index contributed by atoms with van der Waals surface area (Å²) in [7, 11) is 1.62. The van der Waals surface area contributed by atoms with E-state index in [1.165, 1.54) is 0 Å². The number of nitrogens with one attached hydrogen (secondary N) is 1. The Labute approximate surface area is 181 Å². The molecule has 29 heavy (non-hydrogen) atoms. The highest BCUT2D eigenvalue weighted by molar-refractivity contribution is 6.39. The predicted octanol–water partition coefficient (Wildman–Crippen LogP) is 4.50. The molecule has 0 unspecified atom stereocenters. The van der Waals surface area contributed by atoms with Crippen molar-refractivity contribution in [1.29, 1.82) is 0 Å². The van der Waals surface area contributed by atoms with Crippen LogP contribution in [0.4, 0.5) is 11.4 Å². The quantitative estimate of drug-likeness (QED) is 0.364. The standard InChI is InChI=1S/C21H25Cl2NO5/c1-26-9-10-27-11-12-28-13-14-29-20(25)15-16-5-2-3-8-19(16)24-21-17(22)6-4-7-18(21)23/h2-8,24H,9-15H2,1H3. The number of hydrogen-bond acceptors (Lipinski definition) is 6. The number of benzene rings is 2. The smallest absolute Gasteiger partial charge is 0.310 e. The van der Waals surface area contributed by atoms with Crippen LogP contribution in [0, 0.1) is 0 Å². The molecule has 0 atom stereocenters. The Hall–Kier alpha value is -1.83. The highest BCUT2D eigenvalue weighted by Crippen LogP contribution is 2.33. The van der Waals surface area contributed by atoms with Crippen LogP contribution in [0.15, 0.2) is 42.5 Å². The maximum absolute atomic E-state index is 12.2. The second-order valence-electron chi connectivity index (χ2n) is 5.99. The van der Waals surface area contributed by atoms with Gasteiger partial charge in [-0.25, -0.2) is 0 Å². The molecule has 2 aromatic rings. The van der Waals surface area contributed by atoms with Gasteiger partial charge in [0.05, 0.1) is 55.2 Å². The first kappa shape index (κ1) is 23.4. The van der Waals surface area contributed by atoms with Crippen molar-refractivity contribution in [3.8, 4) is 0 Å². The molecule has 2 rings (SSSR count). The van der Waals surface area contributed by atoms with Gasteiger partial charge in [0.25, 0.3) is 0 Å². The molecule has 1 N–H and O–H groups in total. The number of carbonyl (C=O) groups is 1. The van der Waals surface area contributed by atoms with Crippen LogP contribution >= 0.6 is 23.2 Å². The zero-order valence-electron chi connectivity index (χ0n) is 16.3. The molecule has 8 heteroatoms. The summed E-state index contributed by atoms with van der Waals surface area (Å²) in [6.07, 6.45) is 0.116. The molecule has 0 aromatic heterocycles. The van der Waals surface area contributed by atoms with Gasteiger partial charge < -0.3 is 24.3 Å². The molecule has 0 aliphatic rings. The lowest BCUT2D eigenvalue weighted by Gasteiger charge is -2.14.